The first-order valence-corrected chi connectivity index (χ1v) is 13.3. The van der Waals surface area contributed by atoms with Gasteiger partial charge in [-0.1, -0.05) is 23.4 Å². The molecular weight excluding hydrogens is 456 g/mol. The molecular formula is C29H38N2O5. The maximum absolute atomic E-state index is 13.1. The van der Waals surface area contributed by atoms with Gasteiger partial charge in [-0.2, -0.15) is 0 Å². The number of phenols is 1. The van der Waals surface area contributed by atoms with E-state index >= 15 is 0 Å². The summed E-state index contributed by atoms with van der Waals surface area (Å²) in [5.41, 5.74) is 2.60. The summed E-state index contributed by atoms with van der Waals surface area (Å²) in [7, 11) is 0. The van der Waals surface area contributed by atoms with Crippen molar-refractivity contribution < 1.29 is 24.3 Å². The second-order valence-electron chi connectivity index (χ2n) is 10.2. The van der Waals surface area contributed by atoms with Gasteiger partial charge in [0.2, 0.25) is 0 Å². The lowest BCUT2D eigenvalue weighted by Crippen LogP contribution is -2.48. The second kappa shape index (κ2) is 12.2. The van der Waals surface area contributed by atoms with E-state index in [1.54, 1.807) is 12.1 Å². The molecule has 194 valence electrons. The fraction of sp³-hybridized carbons (Fsp3) is 0.552. The van der Waals surface area contributed by atoms with E-state index in [4.69, 9.17) is 9.57 Å². The number of allylic oxidation sites excluding steroid dienone is 3. The lowest BCUT2D eigenvalue weighted by Gasteiger charge is -2.38. The molecule has 0 radical (unpaired) electrons. The number of cyclic esters (lactones) is 1. The Labute approximate surface area is 213 Å². The van der Waals surface area contributed by atoms with Gasteiger partial charge in [0, 0.05) is 18.5 Å². The zero-order chi connectivity index (χ0) is 25.5. The number of benzene rings is 1. The number of hydrogen-bond acceptors (Lipinski definition) is 6. The van der Waals surface area contributed by atoms with E-state index in [0.717, 1.165) is 50.5 Å². The lowest BCUT2D eigenvalue weighted by atomic mass is 9.93. The summed E-state index contributed by atoms with van der Waals surface area (Å²) in [6, 6.07) is 3.69. The smallest absolute Gasteiger partial charge is 0.338 e. The molecule has 3 aliphatic rings. The number of likely N-dealkylation sites (tertiary alicyclic amines) is 1. The summed E-state index contributed by atoms with van der Waals surface area (Å²) in [5, 5.41) is 14.7. The highest BCUT2D eigenvalue weighted by Crippen LogP contribution is 2.44. The first-order valence-electron chi connectivity index (χ1n) is 13.3. The van der Waals surface area contributed by atoms with Crippen molar-refractivity contribution in [1.82, 2.24) is 4.90 Å². The number of hydrogen-bond donors (Lipinski definition) is 1. The molecule has 2 unspecified atom stereocenters. The van der Waals surface area contributed by atoms with Crippen molar-refractivity contribution in [3.05, 3.63) is 53.1 Å². The van der Waals surface area contributed by atoms with Crippen LogP contribution >= 0.6 is 0 Å². The average molecular weight is 495 g/mol. The van der Waals surface area contributed by atoms with Gasteiger partial charge in [-0.25, -0.2) is 4.79 Å². The average Bonchev–Trinajstić information content (AvgIpc) is 3.67. The van der Waals surface area contributed by atoms with E-state index in [0.29, 0.717) is 29.9 Å². The predicted molar refractivity (Wildman–Crippen MR) is 139 cm³/mol. The van der Waals surface area contributed by atoms with E-state index < -0.39 is 0 Å². The van der Waals surface area contributed by atoms with Crippen LogP contribution in [-0.4, -0.2) is 52.9 Å². The van der Waals surface area contributed by atoms with Crippen molar-refractivity contribution in [2.75, 3.05) is 13.2 Å². The molecule has 0 aromatic heterocycles. The number of carbonyl (C=O) groups excluding carboxylic acids is 2. The molecule has 0 bridgehead atoms. The van der Waals surface area contributed by atoms with Crippen LogP contribution in [-0.2, 0) is 20.8 Å². The van der Waals surface area contributed by atoms with Gasteiger partial charge >= 0.3 is 5.97 Å². The molecule has 0 spiro atoms. The summed E-state index contributed by atoms with van der Waals surface area (Å²) < 4.78 is 5.60. The van der Waals surface area contributed by atoms with Crippen LogP contribution < -0.4 is 0 Å². The molecule has 1 aliphatic carbocycles. The lowest BCUT2D eigenvalue weighted by molar-refractivity contribution is -0.142. The number of rotatable bonds is 4. The summed E-state index contributed by atoms with van der Waals surface area (Å²) in [5.74, 6) is -0.0490. The monoisotopic (exact) mass is 494 g/mol. The number of esters is 1. The molecule has 7 nitrogen and oxygen atoms in total. The van der Waals surface area contributed by atoms with Crippen LogP contribution in [0.4, 0.5) is 0 Å². The molecule has 36 heavy (non-hydrogen) atoms. The Morgan fingerprint density at radius 1 is 1.08 bits per heavy atom. The van der Waals surface area contributed by atoms with Gasteiger partial charge in [-0.15, -0.1) is 0 Å². The van der Waals surface area contributed by atoms with Crippen molar-refractivity contribution in [2.45, 2.75) is 89.6 Å². The van der Waals surface area contributed by atoms with E-state index in [1.165, 1.54) is 0 Å². The number of fused-ring (bicyclic) bond motifs is 1. The highest BCUT2D eigenvalue weighted by Gasteiger charge is 2.32. The molecule has 1 aromatic rings. The normalized spacial score (nSPS) is 26.4. The van der Waals surface area contributed by atoms with Crippen molar-refractivity contribution in [3.63, 3.8) is 0 Å². The summed E-state index contributed by atoms with van der Waals surface area (Å²) in [4.78, 5) is 33.5. The fourth-order valence-corrected chi connectivity index (χ4v) is 5.23. The molecule has 1 saturated heterocycles. The Kier molecular flexibility index (Phi) is 8.83. The molecule has 2 atom stereocenters. The number of oxime groups is 1. The first-order chi connectivity index (χ1) is 17.4. The van der Waals surface area contributed by atoms with Crippen LogP contribution in [0.5, 0.6) is 5.75 Å². The third-order valence-corrected chi connectivity index (χ3v) is 7.17. The molecule has 7 heteroatoms. The van der Waals surface area contributed by atoms with Crippen molar-refractivity contribution in [1.29, 1.82) is 0 Å². The van der Waals surface area contributed by atoms with Crippen LogP contribution in [0, 0.1) is 0 Å². The van der Waals surface area contributed by atoms with Crippen molar-refractivity contribution in [2.24, 2.45) is 5.16 Å². The molecule has 2 heterocycles. The number of amides is 1. The number of piperidine rings is 1. The first kappa shape index (κ1) is 26.0. The van der Waals surface area contributed by atoms with Crippen LogP contribution in [0.1, 0.15) is 92.6 Å². The maximum atomic E-state index is 13.1. The minimum atomic E-state index is -0.371. The van der Waals surface area contributed by atoms with Gasteiger partial charge in [-0.05, 0) is 100 Å². The summed E-state index contributed by atoms with van der Waals surface area (Å²) >= 11 is 0. The highest BCUT2D eigenvalue weighted by molar-refractivity contribution is 6.00. The van der Waals surface area contributed by atoms with E-state index in [1.807, 2.05) is 23.1 Å². The van der Waals surface area contributed by atoms with E-state index in [-0.39, 0.29) is 48.7 Å². The quantitative estimate of drug-likeness (QED) is 0.343. The number of nitrogens with zero attached hydrogens (tertiary/aromatic N) is 2. The van der Waals surface area contributed by atoms with Crippen molar-refractivity contribution >= 4 is 17.6 Å². The topological polar surface area (TPSA) is 88.4 Å². The number of aromatic hydroxyl groups is 1. The minimum Gasteiger partial charge on any atom is -0.508 e. The van der Waals surface area contributed by atoms with Crippen molar-refractivity contribution in [3.8, 4) is 5.75 Å². The zero-order valence-corrected chi connectivity index (χ0v) is 21.4. The third-order valence-electron chi connectivity index (χ3n) is 7.17. The van der Waals surface area contributed by atoms with Gasteiger partial charge in [0.25, 0.3) is 5.91 Å². The Morgan fingerprint density at radius 3 is 2.56 bits per heavy atom. The summed E-state index contributed by atoms with van der Waals surface area (Å²) in [6.07, 6.45) is 15.8. The van der Waals surface area contributed by atoms with E-state index in [2.05, 4.69) is 25.1 Å². The SMILES string of the molecule is CC1CCCC(C)N1C(=O)CO/N=C1/C=C/CC/C=C/CCOC(=O)c2c(cc(O)cc2C2CC2)C1. The second-order valence-corrected chi connectivity index (χ2v) is 10.2. The largest absolute Gasteiger partial charge is 0.508 e. The summed E-state index contributed by atoms with van der Waals surface area (Å²) in [6.45, 7) is 4.34. The predicted octanol–water partition coefficient (Wildman–Crippen LogP) is 5.43. The van der Waals surface area contributed by atoms with Gasteiger partial charge in [-0.3, -0.25) is 4.79 Å². The molecule has 1 amide bonds. The molecule has 1 aromatic carbocycles. The van der Waals surface area contributed by atoms with Crippen LogP contribution in [0.3, 0.4) is 0 Å². The van der Waals surface area contributed by atoms with Crippen LogP contribution in [0.15, 0.2) is 41.6 Å². The van der Waals surface area contributed by atoms with Gasteiger partial charge in [0.05, 0.1) is 17.9 Å². The molecule has 4 rings (SSSR count). The number of ether oxygens (including phenoxy) is 1. The Bertz CT molecular complexity index is 1030. The van der Waals surface area contributed by atoms with Gasteiger partial charge in [0.15, 0.2) is 6.61 Å². The molecule has 2 aliphatic heterocycles. The number of carbonyl (C=O) groups is 2. The van der Waals surface area contributed by atoms with Gasteiger partial charge < -0.3 is 19.6 Å². The molecule has 2 fully saturated rings. The van der Waals surface area contributed by atoms with E-state index in [9.17, 15) is 14.7 Å². The molecule has 1 saturated carbocycles. The Balaban J connectivity index is 1.58. The Morgan fingerprint density at radius 2 is 1.81 bits per heavy atom. The minimum absolute atomic E-state index is 0.0632. The maximum Gasteiger partial charge on any atom is 0.338 e. The van der Waals surface area contributed by atoms with Crippen LogP contribution in [0.25, 0.3) is 0 Å². The van der Waals surface area contributed by atoms with Crippen LogP contribution in [0.2, 0.25) is 0 Å². The zero-order valence-electron chi connectivity index (χ0n) is 21.4. The third kappa shape index (κ3) is 6.77. The standard InChI is InChI=1S/C29H38N2O5/c1-20-10-9-11-21(2)31(20)27(33)19-36-30-24-12-7-5-3-4-6-8-15-35-29(34)28-23(16-24)17-25(32)18-26(28)22-13-14-22/h4,6-7,12,17-18,20-22,32H,3,5,8-11,13-16,19H2,1-2H3/b6-4+,12-7+,30-24-. The fourth-order valence-electron chi connectivity index (χ4n) is 5.23. The number of phenolic OH excluding ortho intramolecular Hbond substituents is 1. The molecule has 1 N–H and O–H groups in total. The highest BCUT2D eigenvalue weighted by atomic mass is 16.6. The Hall–Kier alpha value is -3.09. The van der Waals surface area contributed by atoms with Gasteiger partial charge in [0.1, 0.15) is 5.75 Å².